The molecular weight excluding hydrogens is 215 g/mol. The molecule has 0 amide bonds. The molecule has 2 rings (SSSR count). The molecule has 0 bridgehead atoms. The summed E-state index contributed by atoms with van der Waals surface area (Å²) in [5.41, 5.74) is 0.939. The molecule has 1 aliphatic heterocycles. The number of hydrogen-bond acceptors (Lipinski definition) is 2. The van der Waals surface area contributed by atoms with Crippen molar-refractivity contribution >= 4 is 0 Å². The number of hydrogen-bond donors (Lipinski definition) is 1. The van der Waals surface area contributed by atoms with E-state index in [2.05, 4.69) is 24.1 Å². The lowest BCUT2D eigenvalue weighted by Gasteiger charge is -2.45. The fraction of sp³-hybridized carbons (Fsp3) is 0.571. The molecule has 1 unspecified atom stereocenters. The predicted molar refractivity (Wildman–Crippen MR) is 68.4 cm³/mol. The second-order valence-corrected chi connectivity index (χ2v) is 5.04. The van der Waals surface area contributed by atoms with Crippen molar-refractivity contribution in [3.63, 3.8) is 0 Å². The van der Waals surface area contributed by atoms with Crippen molar-refractivity contribution < 1.29 is 4.39 Å². The molecule has 0 saturated carbocycles. The zero-order chi connectivity index (χ0) is 12.3. The van der Waals surface area contributed by atoms with Crippen LogP contribution in [0.15, 0.2) is 24.3 Å². The molecule has 3 heteroatoms. The lowest BCUT2D eigenvalue weighted by atomic mass is 9.93. The third kappa shape index (κ3) is 2.67. The van der Waals surface area contributed by atoms with Gasteiger partial charge in [-0.1, -0.05) is 25.1 Å². The first-order valence-corrected chi connectivity index (χ1v) is 6.35. The van der Waals surface area contributed by atoms with Crippen LogP contribution in [0.25, 0.3) is 0 Å². The van der Waals surface area contributed by atoms with Crippen molar-refractivity contribution in [2.24, 2.45) is 0 Å². The SMILES string of the molecule is CCC1(C)CNCCN1Cc1ccccc1F. The van der Waals surface area contributed by atoms with Crippen LogP contribution in [-0.4, -0.2) is 30.1 Å². The van der Waals surface area contributed by atoms with Crippen molar-refractivity contribution in [1.29, 1.82) is 0 Å². The average molecular weight is 236 g/mol. The van der Waals surface area contributed by atoms with E-state index in [1.54, 1.807) is 12.1 Å². The monoisotopic (exact) mass is 236 g/mol. The number of benzene rings is 1. The number of nitrogens with zero attached hydrogens (tertiary/aromatic N) is 1. The summed E-state index contributed by atoms with van der Waals surface area (Å²) in [6, 6.07) is 7.08. The summed E-state index contributed by atoms with van der Waals surface area (Å²) in [4.78, 5) is 2.39. The largest absolute Gasteiger partial charge is 0.314 e. The first-order chi connectivity index (χ1) is 8.15. The van der Waals surface area contributed by atoms with E-state index in [1.165, 1.54) is 0 Å². The summed E-state index contributed by atoms with van der Waals surface area (Å²) >= 11 is 0. The van der Waals surface area contributed by atoms with Gasteiger partial charge in [-0.05, 0) is 19.4 Å². The molecule has 1 fully saturated rings. The minimum absolute atomic E-state index is 0.0931. The van der Waals surface area contributed by atoms with Crippen LogP contribution in [0.4, 0.5) is 4.39 Å². The maximum Gasteiger partial charge on any atom is 0.127 e. The first kappa shape index (κ1) is 12.5. The molecular formula is C14H21FN2. The highest BCUT2D eigenvalue weighted by Crippen LogP contribution is 2.24. The second-order valence-electron chi connectivity index (χ2n) is 5.04. The Morgan fingerprint density at radius 1 is 1.41 bits per heavy atom. The normalized spacial score (nSPS) is 26.1. The fourth-order valence-corrected chi connectivity index (χ4v) is 2.40. The lowest BCUT2D eigenvalue weighted by Crippen LogP contribution is -2.58. The van der Waals surface area contributed by atoms with E-state index in [9.17, 15) is 4.39 Å². The van der Waals surface area contributed by atoms with E-state index in [1.807, 2.05) is 12.1 Å². The molecule has 0 aromatic heterocycles. The summed E-state index contributed by atoms with van der Waals surface area (Å²) in [5, 5.41) is 3.42. The third-order valence-corrected chi connectivity index (χ3v) is 3.91. The van der Waals surface area contributed by atoms with Crippen LogP contribution in [-0.2, 0) is 6.54 Å². The smallest absolute Gasteiger partial charge is 0.127 e. The van der Waals surface area contributed by atoms with Crippen LogP contribution in [0, 0.1) is 5.82 Å². The van der Waals surface area contributed by atoms with Crippen molar-refractivity contribution in [3.05, 3.63) is 35.6 Å². The van der Waals surface area contributed by atoms with E-state index in [0.29, 0.717) is 6.54 Å². The standard InChI is InChI=1S/C14H21FN2/c1-3-14(2)11-16-8-9-17(14)10-12-6-4-5-7-13(12)15/h4-7,16H,3,8-11H2,1-2H3. The van der Waals surface area contributed by atoms with Gasteiger partial charge in [-0.15, -0.1) is 0 Å². The van der Waals surface area contributed by atoms with Gasteiger partial charge in [0, 0.05) is 37.3 Å². The Hall–Kier alpha value is -0.930. The van der Waals surface area contributed by atoms with Crippen LogP contribution in [0.1, 0.15) is 25.8 Å². The van der Waals surface area contributed by atoms with Gasteiger partial charge >= 0.3 is 0 Å². The highest BCUT2D eigenvalue weighted by molar-refractivity contribution is 5.17. The highest BCUT2D eigenvalue weighted by atomic mass is 19.1. The Morgan fingerprint density at radius 2 is 2.18 bits per heavy atom. The zero-order valence-corrected chi connectivity index (χ0v) is 10.7. The average Bonchev–Trinajstić information content (AvgIpc) is 2.35. The summed E-state index contributed by atoms with van der Waals surface area (Å²) in [5.74, 6) is -0.0931. The van der Waals surface area contributed by atoms with Crippen LogP contribution in [0.3, 0.4) is 0 Å². The Bertz CT molecular complexity index is 380. The van der Waals surface area contributed by atoms with Gasteiger partial charge < -0.3 is 5.32 Å². The molecule has 1 saturated heterocycles. The summed E-state index contributed by atoms with van der Waals surface area (Å²) in [7, 11) is 0. The third-order valence-electron chi connectivity index (χ3n) is 3.91. The molecule has 0 radical (unpaired) electrons. The van der Waals surface area contributed by atoms with Crippen molar-refractivity contribution in [3.8, 4) is 0 Å². The van der Waals surface area contributed by atoms with Gasteiger partial charge in [0.15, 0.2) is 0 Å². The quantitative estimate of drug-likeness (QED) is 0.867. The Labute approximate surface area is 103 Å². The van der Waals surface area contributed by atoms with Gasteiger partial charge in [0.25, 0.3) is 0 Å². The predicted octanol–water partition coefficient (Wildman–Crippen LogP) is 2.40. The highest BCUT2D eigenvalue weighted by Gasteiger charge is 2.32. The topological polar surface area (TPSA) is 15.3 Å². The first-order valence-electron chi connectivity index (χ1n) is 6.35. The van der Waals surface area contributed by atoms with Crippen LogP contribution < -0.4 is 5.32 Å². The van der Waals surface area contributed by atoms with Gasteiger partial charge in [-0.2, -0.15) is 0 Å². The van der Waals surface area contributed by atoms with E-state index in [-0.39, 0.29) is 11.4 Å². The zero-order valence-electron chi connectivity index (χ0n) is 10.7. The summed E-state index contributed by atoms with van der Waals surface area (Å²) < 4.78 is 13.7. The molecule has 1 aromatic rings. The number of halogens is 1. The maximum atomic E-state index is 13.7. The molecule has 1 atom stereocenters. The van der Waals surface area contributed by atoms with Crippen molar-refractivity contribution in [2.45, 2.75) is 32.4 Å². The van der Waals surface area contributed by atoms with Gasteiger partial charge in [-0.3, -0.25) is 4.90 Å². The van der Waals surface area contributed by atoms with Gasteiger partial charge in [0.1, 0.15) is 5.82 Å². The van der Waals surface area contributed by atoms with Gasteiger partial charge in [0.05, 0.1) is 0 Å². The molecule has 1 heterocycles. The molecule has 1 aliphatic rings. The van der Waals surface area contributed by atoms with Crippen LogP contribution >= 0.6 is 0 Å². The van der Waals surface area contributed by atoms with E-state index in [4.69, 9.17) is 0 Å². The Morgan fingerprint density at radius 3 is 2.88 bits per heavy atom. The molecule has 17 heavy (non-hydrogen) atoms. The molecule has 0 spiro atoms. The van der Waals surface area contributed by atoms with Gasteiger partial charge in [-0.25, -0.2) is 4.39 Å². The van der Waals surface area contributed by atoms with Gasteiger partial charge in [0.2, 0.25) is 0 Å². The summed E-state index contributed by atoms with van der Waals surface area (Å²) in [6.07, 6.45) is 1.08. The number of piperazine rings is 1. The molecule has 1 aromatic carbocycles. The van der Waals surface area contributed by atoms with E-state index >= 15 is 0 Å². The molecule has 1 N–H and O–H groups in total. The molecule has 0 aliphatic carbocycles. The summed E-state index contributed by atoms with van der Waals surface area (Å²) in [6.45, 7) is 8.11. The second kappa shape index (κ2) is 5.15. The maximum absolute atomic E-state index is 13.7. The minimum atomic E-state index is -0.0931. The number of nitrogens with one attached hydrogen (secondary N) is 1. The Balaban J connectivity index is 2.14. The van der Waals surface area contributed by atoms with Crippen molar-refractivity contribution in [1.82, 2.24) is 10.2 Å². The van der Waals surface area contributed by atoms with E-state index < -0.39 is 0 Å². The number of rotatable bonds is 3. The van der Waals surface area contributed by atoms with Crippen molar-refractivity contribution in [2.75, 3.05) is 19.6 Å². The Kier molecular flexibility index (Phi) is 3.79. The molecule has 2 nitrogen and oxygen atoms in total. The lowest BCUT2D eigenvalue weighted by molar-refractivity contribution is 0.0627. The molecule has 94 valence electrons. The van der Waals surface area contributed by atoms with Crippen LogP contribution in [0.5, 0.6) is 0 Å². The van der Waals surface area contributed by atoms with Crippen LogP contribution in [0.2, 0.25) is 0 Å². The fourth-order valence-electron chi connectivity index (χ4n) is 2.40. The minimum Gasteiger partial charge on any atom is -0.314 e. The van der Waals surface area contributed by atoms with E-state index in [0.717, 1.165) is 31.6 Å².